The Labute approximate surface area is 157 Å². The second kappa shape index (κ2) is 8.03. The van der Waals surface area contributed by atoms with Crippen LogP contribution < -0.4 is 4.90 Å². The van der Waals surface area contributed by atoms with E-state index in [1.54, 1.807) is 11.0 Å². The highest BCUT2D eigenvalue weighted by molar-refractivity contribution is 5.76. The Kier molecular flexibility index (Phi) is 5.73. The van der Waals surface area contributed by atoms with Crippen LogP contribution in [0.1, 0.15) is 23.1 Å². The molecule has 27 heavy (non-hydrogen) atoms. The molecule has 1 aliphatic heterocycles. The number of hydrogen-bond donors (Lipinski definition) is 0. The molecule has 1 amide bonds. The van der Waals surface area contributed by atoms with Gasteiger partial charge in [0.25, 0.3) is 0 Å². The molecule has 0 aromatic heterocycles. The number of nitrogens with zero attached hydrogens (tertiary/aromatic N) is 2. The minimum absolute atomic E-state index is 0.0965. The minimum atomic E-state index is -4.34. The zero-order valence-corrected chi connectivity index (χ0v) is 15.3. The van der Waals surface area contributed by atoms with Crippen LogP contribution in [0.15, 0.2) is 48.5 Å². The average Bonchev–Trinajstić information content (AvgIpc) is 2.67. The number of piperazine rings is 1. The number of rotatable bonds is 4. The molecule has 144 valence electrons. The smallest absolute Gasteiger partial charge is 0.368 e. The van der Waals surface area contributed by atoms with Crippen molar-refractivity contribution in [2.45, 2.75) is 25.9 Å². The van der Waals surface area contributed by atoms with Crippen molar-refractivity contribution in [3.63, 3.8) is 0 Å². The summed E-state index contributed by atoms with van der Waals surface area (Å²) in [4.78, 5) is 16.1. The van der Waals surface area contributed by atoms with Crippen LogP contribution in [0.2, 0.25) is 0 Å². The standard InChI is InChI=1S/C21H23F3N2O/c1-16-5-7-17(8-6-16)9-10-20(27)26-13-11-25(12-14-26)19-4-2-3-18(15-19)21(22,23)24/h2-8,15H,9-14H2,1H3. The van der Waals surface area contributed by atoms with Crippen molar-refractivity contribution in [2.24, 2.45) is 0 Å². The zero-order valence-electron chi connectivity index (χ0n) is 15.3. The molecule has 2 aromatic carbocycles. The molecular formula is C21H23F3N2O. The summed E-state index contributed by atoms with van der Waals surface area (Å²) in [5.74, 6) is 0.0965. The van der Waals surface area contributed by atoms with Gasteiger partial charge in [0.15, 0.2) is 0 Å². The van der Waals surface area contributed by atoms with E-state index in [-0.39, 0.29) is 5.91 Å². The quantitative estimate of drug-likeness (QED) is 0.795. The molecule has 1 heterocycles. The number of benzene rings is 2. The maximum Gasteiger partial charge on any atom is 0.416 e. The molecule has 0 aliphatic carbocycles. The van der Waals surface area contributed by atoms with Gasteiger partial charge in [0.2, 0.25) is 5.91 Å². The van der Waals surface area contributed by atoms with Crippen molar-refractivity contribution < 1.29 is 18.0 Å². The number of anilines is 1. The maximum absolute atomic E-state index is 12.9. The van der Waals surface area contributed by atoms with E-state index < -0.39 is 11.7 Å². The summed E-state index contributed by atoms with van der Waals surface area (Å²) in [6, 6.07) is 13.5. The fraction of sp³-hybridized carbons (Fsp3) is 0.381. The second-order valence-electron chi connectivity index (χ2n) is 6.90. The Balaban J connectivity index is 1.52. The molecule has 0 N–H and O–H groups in total. The third-order valence-corrected chi connectivity index (χ3v) is 4.92. The number of halogens is 3. The lowest BCUT2D eigenvalue weighted by Gasteiger charge is -2.36. The monoisotopic (exact) mass is 376 g/mol. The van der Waals surface area contributed by atoms with E-state index in [1.807, 2.05) is 36.1 Å². The number of alkyl halides is 3. The lowest BCUT2D eigenvalue weighted by molar-refractivity contribution is -0.137. The zero-order chi connectivity index (χ0) is 19.4. The van der Waals surface area contributed by atoms with E-state index in [9.17, 15) is 18.0 Å². The first-order valence-electron chi connectivity index (χ1n) is 9.08. The molecule has 3 nitrogen and oxygen atoms in total. The van der Waals surface area contributed by atoms with Gasteiger partial charge >= 0.3 is 6.18 Å². The summed E-state index contributed by atoms with van der Waals surface area (Å²) in [5, 5.41) is 0. The lowest BCUT2D eigenvalue weighted by atomic mass is 10.1. The van der Waals surface area contributed by atoms with E-state index in [0.29, 0.717) is 44.7 Å². The summed E-state index contributed by atoms with van der Waals surface area (Å²) >= 11 is 0. The predicted molar refractivity (Wildman–Crippen MR) is 99.7 cm³/mol. The van der Waals surface area contributed by atoms with Crippen LogP contribution in [0.25, 0.3) is 0 Å². The Morgan fingerprint density at radius 1 is 1.00 bits per heavy atom. The van der Waals surface area contributed by atoms with Crippen molar-refractivity contribution in [1.29, 1.82) is 0 Å². The molecule has 0 atom stereocenters. The Morgan fingerprint density at radius 2 is 1.67 bits per heavy atom. The number of amides is 1. The topological polar surface area (TPSA) is 23.6 Å². The van der Waals surface area contributed by atoms with Gasteiger partial charge in [-0.2, -0.15) is 13.2 Å². The number of carbonyl (C=O) groups excluding carboxylic acids is 1. The van der Waals surface area contributed by atoms with Gasteiger partial charge in [-0.05, 0) is 37.1 Å². The van der Waals surface area contributed by atoms with E-state index in [4.69, 9.17) is 0 Å². The summed E-state index contributed by atoms with van der Waals surface area (Å²) in [6.07, 6.45) is -3.19. The molecule has 0 radical (unpaired) electrons. The third kappa shape index (κ3) is 5.02. The third-order valence-electron chi connectivity index (χ3n) is 4.92. The first-order valence-corrected chi connectivity index (χ1v) is 9.08. The SMILES string of the molecule is Cc1ccc(CCC(=O)N2CCN(c3cccc(C(F)(F)F)c3)CC2)cc1. The largest absolute Gasteiger partial charge is 0.416 e. The molecule has 0 spiro atoms. The predicted octanol–water partition coefficient (Wildman–Crippen LogP) is 4.30. The molecule has 0 unspecified atom stereocenters. The lowest BCUT2D eigenvalue weighted by Crippen LogP contribution is -2.48. The summed E-state index contributed by atoms with van der Waals surface area (Å²) in [5.41, 5.74) is 2.24. The summed E-state index contributed by atoms with van der Waals surface area (Å²) in [7, 11) is 0. The van der Waals surface area contributed by atoms with E-state index >= 15 is 0 Å². The Morgan fingerprint density at radius 3 is 2.30 bits per heavy atom. The molecule has 1 aliphatic rings. The van der Waals surface area contributed by atoms with Crippen LogP contribution >= 0.6 is 0 Å². The van der Waals surface area contributed by atoms with Crippen LogP contribution in [0.4, 0.5) is 18.9 Å². The fourth-order valence-electron chi connectivity index (χ4n) is 3.26. The van der Waals surface area contributed by atoms with Crippen LogP contribution in [0, 0.1) is 6.92 Å². The van der Waals surface area contributed by atoms with Gasteiger partial charge < -0.3 is 9.80 Å². The van der Waals surface area contributed by atoms with Gasteiger partial charge in [0.05, 0.1) is 5.56 Å². The van der Waals surface area contributed by atoms with Gasteiger partial charge in [-0.1, -0.05) is 35.9 Å². The number of carbonyl (C=O) groups is 1. The summed E-state index contributed by atoms with van der Waals surface area (Å²) < 4.78 is 38.6. The maximum atomic E-state index is 12.9. The van der Waals surface area contributed by atoms with Gasteiger partial charge in [-0.3, -0.25) is 4.79 Å². The molecule has 0 saturated carbocycles. The van der Waals surface area contributed by atoms with Crippen LogP contribution in [-0.4, -0.2) is 37.0 Å². The molecule has 2 aromatic rings. The van der Waals surface area contributed by atoms with Crippen LogP contribution in [0.3, 0.4) is 0 Å². The van der Waals surface area contributed by atoms with Crippen molar-refractivity contribution >= 4 is 11.6 Å². The highest BCUT2D eigenvalue weighted by atomic mass is 19.4. The highest BCUT2D eigenvalue weighted by Gasteiger charge is 2.31. The van der Waals surface area contributed by atoms with Gasteiger partial charge in [0.1, 0.15) is 0 Å². The molecule has 0 bridgehead atoms. The van der Waals surface area contributed by atoms with Gasteiger partial charge in [-0.25, -0.2) is 0 Å². The molecule has 1 fully saturated rings. The van der Waals surface area contributed by atoms with E-state index in [2.05, 4.69) is 0 Å². The van der Waals surface area contributed by atoms with Crippen LogP contribution in [-0.2, 0) is 17.4 Å². The van der Waals surface area contributed by atoms with Gasteiger partial charge in [-0.15, -0.1) is 0 Å². The Bertz CT molecular complexity index is 779. The normalized spacial score (nSPS) is 15.1. The van der Waals surface area contributed by atoms with Gasteiger partial charge in [0, 0.05) is 38.3 Å². The molecule has 1 saturated heterocycles. The fourth-order valence-corrected chi connectivity index (χ4v) is 3.26. The average molecular weight is 376 g/mol. The van der Waals surface area contributed by atoms with Crippen molar-refractivity contribution in [1.82, 2.24) is 4.90 Å². The molecular weight excluding hydrogens is 353 g/mol. The number of aryl methyl sites for hydroxylation is 2. The highest BCUT2D eigenvalue weighted by Crippen LogP contribution is 2.31. The molecule has 6 heteroatoms. The van der Waals surface area contributed by atoms with E-state index in [1.165, 1.54) is 17.7 Å². The van der Waals surface area contributed by atoms with Crippen molar-refractivity contribution in [3.05, 3.63) is 65.2 Å². The van der Waals surface area contributed by atoms with Crippen molar-refractivity contribution in [2.75, 3.05) is 31.1 Å². The number of hydrogen-bond acceptors (Lipinski definition) is 2. The summed E-state index contributed by atoms with van der Waals surface area (Å²) in [6.45, 7) is 4.17. The Hall–Kier alpha value is -2.50. The van der Waals surface area contributed by atoms with Crippen molar-refractivity contribution in [3.8, 4) is 0 Å². The van der Waals surface area contributed by atoms with E-state index in [0.717, 1.165) is 11.6 Å². The van der Waals surface area contributed by atoms with Crippen LogP contribution in [0.5, 0.6) is 0 Å². The molecule has 3 rings (SSSR count). The minimum Gasteiger partial charge on any atom is -0.368 e. The second-order valence-corrected chi connectivity index (χ2v) is 6.90. The first kappa shape index (κ1) is 19.3. The first-order chi connectivity index (χ1) is 12.8.